The van der Waals surface area contributed by atoms with Crippen molar-refractivity contribution in [3.63, 3.8) is 0 Å². The van der Waals surface area contributed by atoms with Crippen molar-refractivity contribution in [3.8, 4) is 5.75 Å². The zero-order valence-corrected chi connectivity index (χ0v) is 18.5. The van der Waals surface area contributed by atoms with E-state index in [1.165, 1.54) is 12.8 Å². The van der Waals surface area contributed by atoms with Crippen molar-refractivity contribution >= 4 is 29.5 Å². The van der Waals surface area contributed by atoms with Crippen LogP contribution in [0.1, 0.15) is 38.2 Å². The van der Waals surface area contributed by atoms with Gasteiger partial charge in [0.2, 0.25) is 5.78 Å². The lowest BCUT2D eigenvalue weighted by molar-refractivity contribution is -0.130. The summed E-state index contributed by atoms with van der Waals surface area (Å²) in [6, 6.07) is 14.1. The number of hydrogen-bond donors (Lipinski definition) is 2. The molecule has 1 aliphatic heterocycles. The van der Waals surface area contributed by atoms with Gasteiger partial charge >= 0.3 is 6.03 Å². The van der Waals surface area contributed by atoms with Gasteiger partial charge in [0, 0.05) is 30.9 Å². The first-order valence-corrected chi connectivity index (χ1v) is 11.2. The number of hydrogen-bond acceptors (Lipinski definition) is 5. The van der Waals surface area contributed by atoms with Crippen LogP contribution in [0.4, 0.5) is 16.2 Å². The van der Waals surface area contributed by atoms with Crippen molar-refractivity contribution in [2.45, 2.75) is 45.1 Å². The zero-order chi connectivity index (χ0) is 22.8. The minimum Gasteiger partial charge on any atom is -0.494 e. The Morgan fingerprint density at radius 3 is 2.50 bits per heavy atom. The molecule has 1 aliphatic rings. The average molecular weight is 438 g/mol. The summed E-state index contributed by atoms with van der Waals surface area (Å²) in [5, 5.41) is 5.93. The molecule has 0 saturated carbocycles. The molecule has 1 heterocycles. The van der Waals surface area contributed by atoms with Crippen LogP contribution in [0.15, 0.2) is 48.5 Å². The third-order valence-corrected chi connectivity index (χ3v) is 5.47. The Labute approximate surface area is 189 Å². The second-order valence-corrected chi connectivity index (χ2v) is 7.90. The van der Waals surface area contributed by atoms with Crippen molar-refractivity contribution in [1.82, 2.24) is 5.32 Å². The first kappa shape index (κ1) is 23.3. The highest BCUT2D eigenvalue weighted by Gasteiger charge is 2.22. The molecule has 1 unspecified atom stereocenters. The number of carbonyl (C=O) groups is 3. The number of benzene rings is 2. The lowest BCUT2D eigenvalue weighted by atomic mass is 10.0. The van der Waals surface area contributed by atoms with E-state index in [1.807, 2.05) is 48.5 Å². The molecule has 0 radical (unpaired) electrons. The summed E-state index contributed by atoms with van der Waals surface area (Å²) in [5.41, 5.74) is 2.45. The maximum atomic E-state index is 12.2. The molecule has 0 spiro atoms. The molecule has 0 aliphatic carbocycles. The number of ether oxygens (including phenoxy) is 1. The molecule has 2 N–H and O–H groups in total. The zero-order valence-electron chi connectivity index (χ0n) is 18.5. The Bertz CT molecular complexity index is 896. The van der Waals surface area contributed by atoms with Gasteiger partial charge in [-0.25, -0.2) is 4.79 Å². The highest BCUT2D eigenvalue weighted by atomic mass is 16.5. The fourth-order valence-electron chi connectivity index (χ4n) is 3.64. The summed E-state index contributed by atoms with van der Waals surface area (Å²) in [7, 11) is 0. The predicted molar refractivity (Wildman–Crippen MR) is 125 cm³/mol. The number of amides is 2. The highest BCUT2D eigenvalue weighted by molar-refractivity contribution is 6.28. The summed E-state index contributed by atoms with van der Waals surface area (Å²) in [6.07, 6.45) is 5.33. The molecule has 3 rings (SSSR count). The Morgan fingerprint density at radius 2 is 1.88 bits per heavy atom. The molecule has 1 fully saturated rings. The van der Waals surface area contributed by atoms with Crippen molar-refractivity contribution in [2.24, 2.45) is 0 Å². The maximum Gasteiger partial charge on any atom is 0.321 e. The van der Waals surface area contributed by atoms with Crippen LogP contribution in [0.2, 0.25) is 0 Å². The second-order valence-electron chi connectivity index (χ2n) is 7.90. The SMILES string of the molecule is CCCCCCOc1ccc(NC(Cc2ccc(N3CCNC3=O)cc2)C(=O)C=O)cc1. The normalized spacial score (nSPS) is 14.0. The number of Topliss-reactive ketones (excluding diaryl/α,β-unsaturated/α-hetero) is 1. The summed E-state index contributed by atoms with van der Waals surface area (Å²) in [6.45, 7) is 4.13. The molecule has 0 aromatic heterocycles. The summed E-state index contributed by atoms with van der Waals surface area (Å²) in [5.74, 6) is 0.274. The average Bonchev–Trinajstić information content (AvgIpc) is 3.25. The molecular formula is C25H31N3O4. The van der Waals surface area contributed by atoms with Crippen LogP contribution in [-0.4, -0.2) is 43.8 Å². The molecule has 0 bridgehead atoms. The van der Waals surface area contributed by atoms with E-state index in [0.29, 0.717) is 32.4 Å². The number of urea groups is 1. The first-order valence-electron chi connectivity index (χ1n) is 11.2. The molecule has 32 heavy (non-hydrogen) atoms. The topological polar surface area (TPSA) is 87.7 Å². The minimum absolute atomic E-state index is 0.109. The Morgan fingerprint density at radius 1 is 1.12 bits per heavy atom. The number of unbranched alkanes of at least 4 members (excludes halogenated alkanes) is 3. The molecule has 1 atom stereocenters. The van der Waals surface area contributed by atoms with Crippen LogP contribution in [0, 0.1) is 0 Å². The van der Waals surface area contributed by atoms with Gasteiger partial charge in [0.05, 0.1) is 12.6 Å². The monoisotopic (exact) mass is 437 g/mol. The van der Waals surface area contributed by atoms with Crippen molar-refractivity contribution in [1.29, 1.82) is 0 Å². The van der Waals surface area contributed by atoms with Gasteiger partial charge < -0.3 is 15.4 Å². The van der Waals surface area contributed by atoms with E-state index >= 15 is 0 Å². The van der Waals surface area contributed by atoms with Crippen molar-refractivity contribution in [3.05, 3.63) is 54.1 Å². The van der Waals surface area contributed by atoms with Crippen LogP contribution in [0.3, 0.4) is 0 Å². The lowest BCUT2D eigenvalue weighted by Crippen LogP contribution is -2.32. The fourth-order valence-corrected chi connectivity index (χ4v) is 3.64. The van der Waals surface area contributed by atoms with Crippen molar-refractivity contribution in [2.75, 3.05) is 29.9 Å². The number of rotatable bonds is 13. The van der Waals surface area contributed by atoms with Crippen LogP contribution in [0.5, 0.6) is 5.75 Å². The fraction of sp³-hybridized carbons (Fsp3) is 0.400. The number of nitrogens with zero attached hydrogens (tertiary/aromatic N) is 1. The van der Waals surface area contributed by atoms with E-state index in [0.717, 1.165) is 35.5 Å². The molecule has 1 saturated heterocycles. The van der Waals surface area contributed by atoms with E-state index in [-0.39, 0.29) is 6.03 Å². The minimum atomic E-state index is -0.672. The standard InChI is InChI=1S/C25H31N3O4/c1-2-3-4-5-16-32-22-12-8-20(9-13-22)27-23(24(30)18-29)17-19-6-10-21(11-7-19)28-15-14-26-25(28)31/h6-13,18,23,27H,2-5,14-17H2,1H3,(H,26,31). The van der Waals surface area contributed by atoms with E-state index < -0.39 is 11.8 Å². The van der Waals surface area contributed by atoms with Crippen LogP contribution < -0.4 is 20.3 Å². The van der Waals surface area contributed by atoms with Gasteiger partial charge in [-0.1, -0.05) is 38.3 Å². The molecule has 7 heteroatoms. The van der Waals surface area contributed by atoms with Crippen LogP contribution in [-0.2, 0) is 16.0 Å². The number of ketones is 1. The summed E-state index contributed by atoms with van der Waals surface area (Å²) >= 11 is 0. The molecular weight excluding hydrogens is 406 g/mol. The van der Waals surface area contributed by atoms with E-state index in [4.69, 9.17) is 4.74 Å². The number of anilines is 2. The lowest BCUT2D eigenvalue weighted by Gasteiger charge is -2.18. The van der Waals surface area contributed by atoms with Crippen LogP contribution >= 0.6 is 0 Å². The van der Waals surface area contributed by atoms with Gasteiger partial charge in [-0.05, 0) is 48.4 Å². The number of aldehydes is 1. The quantitative estimate of drug-likeness (QED) is 0.281. The molecule has 2 aromatic rings. The second kappa shape index (κ2) is 11.9. The van der Waals surface area contributed by atoms with Gasteiger partial charge in [0.25, 0.3) is 0 Å². The van der Waals surface area contributed by atoms with Gasteiger partial charge in [-0.3, -0.25) is 14.5 Å². The van der Waals surface area contributed by atoms with E-state index in [2.05, 4.69) is 17.6 Å². The summed E-state index contributed by atoms with van der Waals surface area (Å²) in [4.78, 5) is 36.9. The van der Waals surface area contributed by atoms with E-state index in [9.17, 15) is 14.4 Å². The first-order chi connectivity index (χ1) is 15.6. The Hall–Kier alpha value is -3.35. The third kappa shape index (κ3) is 6.57. The van der Waals surface area contributed by atoms with Gasteiger partial charge in [0.1, 0.15) is 5.75 Å². The number of nitrogens with one attached hydrogen (secondary N) is 2. The van der Waals surface area contributed by atoms with Gasteiger partial charge in [0.15, 0.2) is 6.29 Å². The maximum absolute atomic E-state index is 12.2. The predicted octanol–water partition coefficient (Wildman–Crippen LogP) is 3.97. The molecule has 170 valence electrons. The Balaban J connectivity index is 1.57. The smallest absolute Gasteiger partial charge is 0.321 e. The Kier molecular flexibility index (Phi) is 8.66. The highest BCUT2D eigenvalue weighted by Crippen LogP contribution is 2.20. The van der Waals surface area contributed by atoms with Gasteiger partial charge in [-0.2, -0.15) is 0 Å². The van der Waals surface area contributed by atoms with E-state index in [1.54, 1.807) is 4.90 Å². The third-order valence-electron chi connectivity index (χ3n) is 5.47. The molecule has 2 aromatic carbocycles. The van der Waals surface area contributed by atoms with Crippen LogP contribution in [0.25, 0.3) is 0 Å². The van der Waals surface area contributed by atoms with Crippen molar-refractivity contribution < 1.29 is 19.1 Å². The summed E-state index contributed by atoms with van der Waals surface area (Å²) < 4.78 is 5.75. The largest absolute Gasteiger partial charge is 0.494 e. The number of carbonyl (C=O) groups excluding carboxylic acids is 3. The van der Waals surface area contributed by atoms with Gasteiger partial charge in [-0.15, -0.1) is 0 Å². The molecule has 2 amide bonds. The molecule has 7 nitrogen and oxygen atoms in total.